The molecule has 8 heteroatoms. The van der Waals surface area contributed by atoms with E-state index in [2.05, 4.69) is 26.2 Å². The number of hydrogen-bond acceptors (Lipinski definition) is 3. The third-order valence-corrected chi connectivity index (χ3v) is 4.50. The van der Waals surface area contributed by atoms with E-state index >= 15 is 0 Å². The first-order valence-electron chi connectivity index (χ1n) is 6.73. The topological polar surface area (TPSA) is 88.2 Å². The van der Waals surface area contributed by atoms with Crippen molar-refractivity contribution in [1.29, 1.82) is 0 Å². The van der Waals surface area contributed by atoms with Crippen molar-refractivity contribution >= 4 is 23.5 Å². The van der Waals surface area contributed by atoms with E-state index in [1.54, 1.807) is 29.1 Å². The van der Waals surface area contributed by atoms with Crippen LogP contribution in [-0.2, 0) is 10.7 Å². The van der Waals surface area contributed by atoms with Gasteiger partial charge in [0.15, 0.2) is 0 Å². The molecule has 0 unspecified atom stereocenters. The summed E-state index contributed by atoms with van der Waals surface area (Å²) in [5.74, 6) is 0. The number of hydrogen-bond donors (Lipinski definition) is 2. The fourth-order valence-corrected chi connectivity index (χ4v) is 3.11. The summed E-state index contributed by atoms with van der Waals surface area (Å²) in [6.07, 6.45) is 1.48. The fraction of sp³-hybridized carbons (Fsp3) is 0.0667. The molecule has 0 atom stereocenters. The van der Waals surface area contributed by atoms with Gasteiger partial charge >= 0.3 is 7.60 Å². The van der Waals surface area contributed by atoms with E-state index in [1.807, 2.05) is 30.3 Å². The smallest absolute Gasteiger partial charge is 0.324 e. The Morgan fingerprint density at radius 3 is 2.57 bits per heavy atom. The molecular formula is C15H13BrN3O3P. The van der Waals surface area contributed by atoms with Crippen LogP contribution in [0.2, 0.25) is 0 Å². The predicted octanol–water partition coefficient (Wildman–Crippen LogP) is 3.37. The average Bonchev–Trinajstić information content (AvgIpc) is 2.96. The van der Waals surface area contributed by atoms with Crippen LogP contribution in [0.5, 0.6) is 0 Å². The lowest BCUT2D eigenvalue weighted by atomic mass is 10.2. The Bertz CT molecular complexity index is 874. The van der Waals surface area contributed by atoms with Gasteiger partial charge in [0.25, 0.3) is 0 Å². The van der Waals surface area contributed by atoms with Crippen molar-refractivity contribution < 1.29 is 14.4 Å². The Kier molecular flexibility index (Phi) is 4.46. The third-order valence-electron chi connectivity index (χ3n) is 3.20. The molecule has 0 radical (unpaired) electrons. The molecule has 0 saturated carbocycles. The Hall–Kier alpha value is -1.79. The van der Waals surface area contributed by atoms with Gasteiger partial charge in [0.1, 0.15) is 5.69 Å². The molecule has 1 heterocycles. The number of nitrogens with zero attached hydrogens (tertiary/aromatic N) is 3. The molecule has 0 saturated heterocycles. The molecule has 2 N–H and O–H groups in total. The van der Waals surface area contributed by atoms with Gasteiger partial charge in [-0.15, -0.1) is 5.10 Å². The summed E-state index contributed by atoms with van der Waals surface area (Å²) in [6.45, 7) is 0. The van der Waals surface area contributed by atoms with Gasteiger partial charge in [-0.1, -0.05) is 45.4 Å². The summed E-state index contributed by atoms with van der Waals surface area (Å²) in [5, 5.41) is 8.22. The Morgan fingerprint density at radius 2 is 1.87 bits per heavy atom. The molecule has 0 aliphatic rings. The number of benzene rings is 2. The minimum atomic E-state index is -4.10. The molecule has 6 nitrogen and oxygen atoms in total. The first-order valence-corrected chi connectivity index (χ1v) is 9.32. The summed E-state index contributed by atoms with van der Waals surface area (Å²) in [7, 11) is -4.10. The highest BCUT2D eigenvalue weighted by Crippen LogP contribution is 2.39. The third kappa shape index (κ3) is 4.14. The highest BCUT2D eigenvalue weighted by atomic mass is 79.9. The molecule has 0 aliphatic carbocycles. The second-order valence-electron chi connectivity index (χ2n) is 5.05. The molecule has 0 aliphatic heterocycles. The number of halogens is 1. The first-order chi connectivity index (χ1) is 10.9. The van der Waals surface area contributed by atoms with E-state index in [9.17, 15) is 4.57 Å². The maximum absolute atomic E-state index is 11.1. The van der Waals surface area contributed by atoms with Crippen molar-refractivity contribution in [3.05, 3.63) is 64.8 Å². The maximum Gasteiger partial charge on any atom is 0.329 e. The maximum atomic E-state index is 11.1. The Balaban J connectivity index is 1.90. The summed E-state index contributed by atoms with van der Waals surface area (Å²) < 4.78 is 13.7. The normalized spacial score (nSPS) is 11.6. The van der Waals surface area contributed by atoms with Gasteiger partial charge in [-0.05, 0) is 29.8 Å². The second-order valence-corrected chi connectivity index (χ2v) is 7.61. The van der Waals surface area contributed by atoms with Gasteiger partial charge in [-0.2, -0.15) is 0 Å². The summed E-state index contributed by atoms with van der Waals surface area (Å²) in [6, 6.07) is 14.6. The van der Waals surface area contributed by atoms with E-state index in [4.69, 9.17) is 9.79 Å². The van der Waals surface area contributed by atoms with Gasteiger partial charge in [0.05, 0.1) is 18.0 Å². The van der Waals surface area contributed by atoms with Crippen LogP contribution in [0, 0.1) is 0 Å². The molecule has 23 heavy (non-hydrogen) atoms. The van der Waals surface area contributed by atoms with Crippen LogP contribution >= 0.6 is 23.5 Å². The molecule has 3 aromatic rings. The van der Waals surface area contributed by atoms with Crippen LogP contribution in [0.1, 0.15) is 5.56 Å². The highest BCUT2D eigenvalue weighted by Gasteiger charge is 2.14. The van der Waals surface area contributed by atoms with Crippen LogP contribution in [0.25, 0.3) is 16.9 Å². The Morgan fingerprint density at radius 1 is 1.13 bits per heavy atom. The average molecular weight is 394 g/mol. The zero-order chi connectivity index (χ0) is 16.4. The SMILES string of the molecule is O=P(O)(O)Cc1cccc(-n2cc(-c3ccc(Br)cc3)nn2)c1. The van der Waals surface area contributed by atoms with E-state index in [0.29, 0.717) is 11.3 Å². The molecule has 1 aromatic heterocycles. The van der Waals surface area contributed by atoms with Crippen molar-refractivity contribution in [2.24, 2.45) is 0 Å². The van der Waals surface area contributed by atoms with Gasteiger partial charge < -0.3 is 9.79 Å². The van der Waals surface area contributed by atoms with E-state index in [1.165, 1.54) is 0 Å². The van der Waals surface area contributed by atoms with Crippen LogP contribution in [0.4, 0.5) is 0 Å². The summed E-state index contributed by atoms with van der Waals surface area (Å²) in [4.78, 5) is 18.2. The van der Waals surface area contributed by atoms with E-state index in [-0.39, 0.29) is 6.16 Å². The van der Waals surface area contributed by atoms with Crippen LogP contribution < -0.4 is 0 Å². The van der Waals surface area contributed by atoms with Crippen molar-refractivity contribution in [2.45, 2.75) is 6.16 Å². The minimum absolute atomic E-state index is 0.297. The summed E-state index contributed by atoms with van der Waals surface area (Å²) in [5.41, 5.74) is 2.91. The molecule has 3 rings (SSSR count). The molecule has 0 bridgehead atoms. The standard InChI is InChI=1S/C15H13BrN3O3P/c16-13-6-4-12(5-7-13)15-9-19(18-17-15)14-3-1-2-11(8-14)10-23(20,21)22/h1-9H,10H2,(H2,20,21,22). The number of rotatable bonds is 4. The monoisotopic (exact) mass is 393 g/mol. The van der Waals surface area contributed by atoms with Gasteiger partial charge in [0.2, 0.25) is 0 Å². The first kappa shape index (κ1) is 16.1. The van der Waals surface area contributed by atoms with Gasteiger partial charge in [0, 0.05) is 10.0 Å². The van der Waals surface area contributed by atoms with Crippen LogP contribution in [-0.4, -0.2) is 24.8 Å². The summed E-state index contributed by atoms with van der Waals surface area (Å²) >= 11 is 3.39. The lowest BCUT2D eigenvalue weighted by molar-refractivity contribution is 0.371. The molecular weight excluding hydrogens is 381 g/mol. The molecule has 118 valence electrons. The number of aromatic nitrogens is 3. The molecule has 0 spiro atoms. The highest BCUT2D eigenvalue weighted by molar-refractivity contribution is 9.10. The Labute approximate surface area is 141 Å². The quantitative estimate of drug-likeness (QED) is 0.663. The van der Waals surface area contributed by atoms with Crippen molar-refractivity contribution in [3.8, 4) is 16.9 Å². The second kappa shape index (κ2) is 6.37. The minimum Gasteiger partial charge on any atom is -0.324 e. The van der Waals surface area contributed by atoms with Crippen molar-refractivity contribution in [3.63, 3.8) is 0 Å². The largest absolute Gasteiger partial charge is 0.329 e. The lowest BCUT2D eigenvalue weighted by Crippen LogP contribution is -1.96. The van der Waals surface area contributed by atoms with E-state index < -0.39 is 7.60 Å². The zero-order valence-electron chi connectivity index (χ0n) is 11.9. The molecule has 0 amide bonds. The zero-order valence-corrected chi connectivity index (χ0v) is 14.4. The van der Waals surface area contributed by atoms with E-state index in [0.717, 1.165) is 15.7 Å². The lowest BCUT2D eigenvalue weighted by Gasteiger charge is -2.06. The molecule has 2 aromatic carbocycles. The van der Waals surface area contributed by atoms with Crippen molar-refractivity contribution in [2.75, 3.05) is 0 Å². The van der Waals surface area contributed by atoms with Gasteiger partial charge in [-0.25, -0.2) is 4.68 Å². The molecule has 0 fully saturated rings. The predicted molar refractivity (Wildman–Crippen MR) is 90.2 cm³/mol. The van der Waals surface area contributed by atoms with Crippen LogP contribution in [0.15, 0.2) is 59.2 Å². The van der Waals surface area contributed by atoms with Crippen LogP contribution in [0.3, 0.4) is 0 Å². The van der Waals surface area contributed by atoms with Gasteiger partial charge in [-0.3, -0.25) is 4.57 Å². The van der Waals surface area contributed by atoms with Crippen molar-refractivity contribution in [1.82, 2.24) is 15.0 Å². The fourth-order valence-electron chi connectivity index (χ4n) is 2.18.